The number of rotatable bonds is 4. The van der Waals surface area contributed by atoms with Crippen molar-refractivity contribution in [3.8, 4) is 11.5 Å². The standard InChI is InChI=1S/C20H17F3N2O4/c21-20(22,23)12-29-14-7-5-13(6-8-14)11-25-17(26)19(24-18(25)27)9-10-28-16-4-2-1-3-15(16)19/h1-8H,9-12H2,(H,24,27). The molecule has 3 amide bonds. The van der Waals surface area contributed by atoms with Crippen LogP contribution < -0.4 is 14.8 Å². The first-order valence-corrected chi connectivity index (χ1v) is 8.93. The Kier molecular flexibility index (Phi) is 4.60. The van der Waals surface area contributed by atoms with Gasteiger partial charge in [-0.3, -0.25) is 9.69 Å². The summed E-state index contributed by atoms with van der Waals surface area (Å²) in [7, 11) is 0. The molecule has 4 rings (SSSR count). The number of imide groups is 1. The van der Waals surface area contributed by atoms with Gasteiger partial charge in [0, 0.05) is 12.0 Å². The van der Waals surface area contributed by atoms with Crippen LogP contribution in [0.5, 0.6) is 11.5 Å². The summed E-state index contributed by atoms with van der Waals surface area (Å²) >= 11 is 0. The number of ether oxygens (including phenoxy) is 2. The van der Waals surface area contributed by atoms with Crippen LogP contribution in [0.25, 0.3) is 0 Å². The molecule has 6 nitrogen and oxygen atoms in total. The van der Waals surface area contributed by atoms with Gasteiger partial charge >= 0.3 is 12.2 Å². The van der Waals surface area contributed by atoms with Crippen LogP contribution >= 0.6 is 0 Å². The monoisotopic (exact) mass is 406 g/mol. The third-order valence-electron chi connectivity index (χ3n) is 4.92. The van der Waals surface area contributed by atoms with Gasteiger partial charge in [0.05, 0.1) is 13.2 Å². The fraction of sp³-hybridized carbons (Fsp3) is 0.300. The summed E-state index contributed by atoms with van der Waals surface area (Å²) in [6, 6.07) is 12.3. The molecule has 1 atom stereocenters. The van der Waals surface area contributed by atoms with Crippen LogP contribution in [0.15, 0.2) is 48.5 Å². The molecule has 2 aromatic carbocycles. The number of fused-ring (bicyclic) bond motifs is 2. The molecule has 1 unspecified atom stereocenters. The van der Waals surface area contributed by atoms with Crippen LogP contribution in [0.1, 0.15) is 17.5 Å². The zero-order valence-corrected chi connectivity index (χ0v) is 15.2. The first-order valence-electron chi connectivity index (χ1n) is 8.93. The Morgan fingerprint density at radius 2 is 1.83 bits per heavy atom. The number of hydrogen-bond donors (Lipinski definition) is 1. The minimum atomic E-state index is -4.42. The van der Waals surface area contributed by atoms with Gasteiger partial charge in [-0.15, -0.1) is 0 Å². The summed E-state index contributed by atoms with van der Waals surface area (Å²) in [5, 5.41) is 2.80. The Bertz CT molecular complexity index is 945. The number of amides is 3. The van der Waals surface area contributed by atoms with E-state index >= 15 is 0 Å². The van der Waals surface area contributed by atoms with Crippen LogP contribution in [0.2, 0.25) is 0 Å². The third kappa shape index (κ3) is 3.59. The van der Waals surface area contributed by atoms with Gasteiger partial charge in [0.2, 0.25) is 0 Å². The van der Waals surface area contributed by atoms with E-state index in [1.165, 1.54) is 24.3 Å². The quantitative estimate of drug-likeness (QED) is 0.791. The van der Waals surface area contributed by atoms with Gasteiger partial charge in [-0.05, 0) is 23.8 Å². The first-order chi connectivity index (χ1) is 13.8. The predicted molar refractivity (Wildman–Crippen MR) is 95.3 cm³/mol. The van der Waals surface area contributed by atoms with Crippen molar-refractivity contribution in [3.63, 3.8) is 0 Å². The van der Waals surface area contributed by atoms with Crippen LogP contribution in [0.3, 0.4) is 0 Å². The van der Waals surface area contributed by atoms with Gasteiger partial charge in [0.25, 0.3) is 5.91 Å². The van der Waals surface area contributed by atoms with Crippen LogP contribution in [-0.2, 0) is 16.9 Å². The number of hydrogen-bond acceptors (Lipinski definition) is 4. The topological polar surface area (TPSA) is 67.9 Å². The Balaban J connectivity index is 1.51. The number of carbonyl (C=O) groups is 2. The van der Waals surface area contributed by atoms with Crippen molar-refractivity contribution in [2.75, 3.05) is 13.2 Å². The highest BCUT2D eigenvalue weighted by molar-refractivity contribution is 6.07. The molecule has 152 valence electrons. The lowest BCUT2D eigenvalue weighted by atomic mass is 9.84. The summed E-state index contributed by atoms with van der Waals surface area (Å²) in [4.78, 5) is 26.8. The van der Waals surface area contributed by atoms with Gasteiger partial charge < -0.3 is 14.8 Å². The number of nitrogens with zero attached hydrogens (tertiary/aromatic N) is 1. The lowest BCUT2D eigenvalue weighted by molar-refractivity contribution is -0.153. The summed E-state index contributed by atoms with van der Waals surface area (Å²) < 4.78 is 47.0. The van der Waals surface area contributed by atoms with E-state index in [0.717, 1.165) is 4.90 Å². The Hall–Kier alpha value is -3.23. The normalized spacial score (nSPS) is 21.0. The molecule has 2 aliphatic rings. The number of nitrogens with one attached hydrogen (secondary N) is 1. The average molecular weight is 406 g/mol. The molecule has 1 spiro atoms. The molecule has 1 saturated heterocycles. The van der Waals surface area contributed by atoms with Gasteiger partial charge in [-0.2, -0.15) is 13.2 Å². The number of para-hydroxylation sites is 1. The number of benzene rings is 2. The third-order valence-corrected chi connectivity index (χ3v) is 4.92. The maximum Gasteiger partial charge on any atom is 0.422 e. The van der Waals surface area contributed by atoms with Crippen molar-refractivity contribution < 1.29 is 32.2 Å². The highest BCUT2D eigenvalue weighted by Crippen LogP contribution is 2.41. The van der Waals surface area contributed by atoms with Crippen molar-refractivity contribution in [1.82, 2.24) is 10.2 Å². The number of carbonyl (C=O) groups excluding carboxylic acids is 2. The Morgan fingerprint density at radius 3 is 2.55 bits per heavy atom. The number of halogens is 3. The molecular formula is C20H17F3N2O4. The molecular weight excluding hydrogens is 389 g/mol. The van der Waals surface area contributed by atoms with E-state index in [0.29, 0.717) is 29.9 Å². The molecule has 2 heterocycles. The van der Waals surface area contributed by atoms with Crippen molar-refractivity contribution in [2.45, 2.75) is 24.7 Å². The van der Waals surface area contributed by atoms with Crippen molar-refractivity contribution >= 4 is 11.9 Å². The Morgan fingerprint density at radius 1 is 1.10 bits per heavy atom. The van der Waals surface area contributed by atoms with Crippen LogP contribution in [-0.4, -0.2) is 36.2 Å². The smallest absolute Gasteiger partial charge is 0.422 e. The maximum atomic E-state index is 13.2. The zero-order valence-electron chi connectivity index (χ0n) is 15.2. The van der Waals surface area contributed by atoms with E-state index in [2.05, 4.69) is 10.1 Å². The minimum Gasteiger partial charge on any atom is -0.493 e. The SMILES string of the molecule is O=C1NC2(CCOc3ccccc32)C(=O)N1Cc1ccc(OCC(F)(F)F)cc1. The predicted octanol–water partition coefficient (Wildman–Crippen LogP) is 3.36. The molecule has 29 heavy (non-hydrogen) atoms. The second-order valence-corrected chi connectivity index (χ2v) is 6.87. The van der Waals surface area contributed by atoms with Crippen molar-refractivity contribution in [1.29, 1.82) is 0 Å². The molecule has 0 aliphatic carbocycles. The maximum absolute atomic E-state index is 13.2. The molecule has 1 fully saturated rings. The average Bonchev–Trinajstić information content (AvgIpc) is 2.92. The number of alkyl halides is 3. The molecule has 2 aromatic rings. The zero-order chi connectivity index (χ0) is 20.6. The molecule has 2 aliphatic heterocycles. The second kappa shape index (κ2) is 6.98. The van der Waals surface area contributed by atoms with Crippen molar-refractivity contribution in [3.05, 3.63) is 59.7 Å². The van der Waals surface area contributed by atoms with E-state index in [4.69, 9.17) is 4.74 Å². The van der Waals surface area contributed by atoms with Gasteiger partial charge in [0.1, 0.15) is 11.5 Å². The van der Waals surface area contributed by atoms with E-state index in [9.17, 15) is 22.8 Å². The molecule has 0 radical (unpaired) electrons. The van der Waals surface area contributed by atoms with Crippen LogP contribution in [0, 0.1) is 0 Å². The lowest BCUT2D eigenvalue weighted by Gasteiger charge is -2.33. The Labute approximate surface area is 164 Å². The van der Waals surface area contributed by atoms with Gasteiger partial charge in [-0.25, -0.2) is 4.79 Å². The van der Waals surface area contributed by atoms with E-state index in [1.807, 2.05) is 0 Å². The molecule has 0 saturated carbocycles. The van der Waals surface area contributed by atoms with E-state index in [1.54, 1.807) is 24.3 Å². The summed E-state index contributed by atoms with van der Waals surface area (Å²) in [6.07, 6.45) is -4.11. The van der Waals surface area contributed by atoms with Crippen molar-refractivity contribution in [2.24, 2.45) is 0 Å². The fourth-order valence-corrected chi connectivity index (χ4v) is 3.55. The highest BCUT2D eigenvalue weighted by atomic mass is 19.4. The lowest BCUT2D eigenvalue weighted by Crippen LogP contribution is -2.47. The second-order valence-electron chi connectivity index (χ2n) is 6.87. The molecule has 1 N–H and O–H groups in total. The number of urea groups is 1. The van der Waals surface area contributed by atoms with E-state index in [-0.39, 0.29) is 18.2 Å². The summed E-state index contributed by atoms with van der Waals surface area (Å²) in [5.74, 6) is 0.231. The molecule has 9 heteroatoms. The van der Waals surface area contributed by atoms with Gasteiger partial charge in [-0.1, -0.05) is 30.3 Å². The largest absolute Gasteiger partial charge is 0.493 e. The van der Waals surface area contributed by atoms with E-state index < -0.39 is 24.4 Å². The summed E-state index contributed by atoms with van der Waals surface area (Å²) in [5.41, 5.74) is 0.0371. The van der Waals surface area contributed by atoms with Gasteiger partial charge in [0.15, 0.2) is 12.1 Å². The minimum absolute atomic E-state index is 0.00497. The fourth-order valence-electron chi connectivity index (χ4n) is 3.55. The highest BCUT2D eigenvalue weighted by Gasteiger charge is 2.54. The van der Waals surface area contributed by atoms with Crippen LogP contribution in [0.4, 0.5) is 18.0 Å². The summed E-state index contributed by atoms with van der Waals surface area (Å²) in [6.45, 7) is -1.10. The molecule has 0 bridgehead atoms. The molecule has 0 aromatic heterocycles. The first kappa shape index (κ1) is 19.1.